The molecule has 0 saturated carbocycles. The van der Waals surface area contributed by atoms with Gasteiger partial charge in [-0.1, -0.05) is 159 Å². The van der Waals surface area contributed by atoms with E-state index < -0.39 is 6.10 Å². The highest BCUT2D eigenvalue weighted by Crippen LogP contribution is 2.30. The third-order valence-corrected chi connectivity index (χ3v) is 7.75. The second-order valence-electron chi connectivity index (χ2n) is 11.7. The molecule has 3 nitrogen and oxygen atoms in total. The van der Waals surface area contributed by atoms with Gasteiger partial charge in [0.25, 0.3) is 0 Å². The molecule has 6 rings (SSSR count). The van der Waals surface area contributed by atoms with Gasteiger partial charge in [0.15, 0.2) is 0 Å². The van der Waals surface area contributed by atoms with Gasteiger partial charge in [0.2, 0.25) is 0 Å². The summed E-state index contributed by atoms with van der Waals surface area (Å²) in [5, 5.41) is 10.1. The fourth-order valence-corrected chi connectivity index (χ4v) is 5.32. The predicted octanol–water partition coefficient (Wildman–Crippen LogP) is 11.0. The van der Waals surface area contributed by atoms with Gasteiger partial charge in [-0.2, -0.15) is 0 Å². The molecule has 0 saturated heterocycles. The fraction of sp³-hybridized carbons (Fsp3) is 0.163. The summed E-state index contributed by atoms with van der Waals surface area (Å²) in [6.45, 7) is 6.14. The van der Waals surface area contributed by atoms with Crippen LogP contribution in [-0.4, -0.2) is 11.2 Å². The second-order valence-corrected chi connectivity index (χ2v) is 11.7. The standard InChI is InChI=1S/C22H22O.C21H20O2/c1-17(2)22(23-21-11-7-4-8-12-21)20-15-13-19(14-16-20)18-9-5-3-6-10-18;1-16(22)21(23-20-10-6-3-7-11-20)19-14-12-18(13-15-19)17-8-4-2-5-9-17/h3-17,22H,1-2H3;2-16,21-22H,1H3/t22-;16-,21-/m00/s1. The monoisotopic (exact) mass is 606 g/mol. The Morgan fingerprint density at radius 2 is 0.674 bits per heavy atom. The van der Waals surface area contributed by atoms with Gasteiger partial charge < -0.3 is 14.6 Å². The molecule has 0 radical (unpaired) electrons. The Balaban J connectivity index is 0.000000181. The molecule has 0 bridgehead atoms. The lowest BCUT2D eigenvalue weighted by atomic mass is 9.96. The minimum atomic E-state index is -0.599. The highest BCUT2D eigenvalue weighted by atomic mass is 16.5. The average molecular weight is 607 g/mol. The first kappa shape index (κ1) is 32.3. The Labute approximate surface area is 273 Å². The summed E-state index contributed by atoms with van der Waals surface area (Å²) in [5.74, 6) is 2.07. The SMILES string of the molecule is CC(C)[C@H](Oc1ccccc1)c1ccc(-c2ccccc2)cc1.C[C@H](O)[C@H](Oc1ccccc1)c1ccc(-c2ccccc2)cc1. The van der Waals surface area contributed by atoms with E-state index in [9.17, 15) is 5.11 Å². The predicted molar refractivity (Wildman–Crippen MR) is 190 cm³/mol. The number of ether oxygens (including phenoxy) is 2. The quantitative estimate of drug-likeness (QED) is 0.169. The van der Waals surface area contributed by atoms with Gasteiger partial charge in [-0.3, -0.25) is 0 Å². The first-order valence-corrected chi connectivity index (χ1v) is 15.9. The molecule has 0 amide bonds. The minimum Gasteiger partial charge on any atom is -0.485 e. The van der Waals surface area contributed by atoms with E-state index in [0.717, 1.165) is 22.6 Å². The number of hydrogen-bond donors (Lipinski definition) is 1. The van der Waals surface area contributed by atoms with Crippen molar-refractivity contribution in [3.63, 3.8) is 0 Å². The van der Waals surface area contributed by atoms with Crippen molar-refractivity contribution < 1.29 is 14.6 Å². The fourth-order valence-electron chi connectivity index (χ4n) is 5.32. The molecule has 46 heavy (non-hydrogen) atoms. The summed E-state index contributed by atoms with van der Waals surface area (Å²) < 4.78 is 12.2. The molecule has 0 spiro atoms. The van der Waals surface area contributed by atoms with E-state index in [1.54, 1.807) is 6.92 Å². The molecule has 0 aliphatic rings. The van der Waals surface area contributed by atoms with Crippen molar-refractivity contribution in [2.24, 2.45) is 5.92 Å². The highest BCUT2D eigenvalue weighted by Gasteiger charge is 2.20. The molecule has 0 heterocycles. The summed E-state index contributed by atoms with van der Waals surface area (Å²) >= 11 is 0. The molecule has 0 aromatic heterocycles. The number of benzene rings is 6. The van der Waals surface area contributed by atoms with Crippen LogP contribution in [0.3, 0.4) is 0 Å². The number of para-hydroxylation sites is 2. The van der Waals surface area contributed by atoms with Gasteiger partial charge in [0, 0.05) is 0 Å². The van der Waals surface area contributed by atoms with E-state index in [2.05, 4.69) is 86.6 Å². The van der Waals surface area contributed by atoms with Crippen molar-refractivity contribution in [3.05, 3.63) is 181 Å². The molecule has 0 unspecified atom stereocenters. The molecule has 232 valence electrons. The van der Waals surface area contributed by atoms with Gasteiger partial charge in [-0.15, -0.1) is 0 Å². The first-order chi connectivity index (χ1) is 22.5. The van der Waals surface area contributed by atoms with Crippen molar-refractivity contribution in [3.8, 4) is 33.8 Å². The molecule has 1 N–H and O–H groups in total. The van der Waals surface area contributed by atoms with Crippen LogP contribution in [0.4, 0.5) is 0 Å². The Kier molecular flexibility index (Phi) is 11.4. The molecule has 6 aromatic rings. The van der Waals surface area contributed by atoms with Crippen molar-refractivity contribution in [1.29, 1.82) is 0 Å². The van der Waals surface area contributed by atoms with E-state index in [-0.39, 0.29) is 12.2 Å². The summed E-state index contributed by atoms with van der Waals surface area (Å²) in [4.78, 5) is 0. The Bertz CT molecular complexity index is 1570. The van der Waals surface area contributed by atoms with E-state index in [1.807, 2.05) is 97.1 Å². The van der Waals surface area contributed by atoms with Crippen LogP contribution < -0.4 is 9.47 Å². The Morgan fingerprint density at radius 1 is 0.370 bits per heavy atom. The van der Waals surface area contributed by atoms with E-state index >= 15 is 0 Å². The van der Waals surface area contributed by atoms with Crippen molar-refractivity contribution in [2.45, 2.75) is 39.1 Å². The normalized spacial score (nSPS) is 12.7. The maximum absolute atomic E-state index is 10.1. The van der Waals surface area contributed by atoms with Crippen molar-refractivity contribution in [1.82, 2.24) is 0 Å². The summed E-state index contributed by atoms with van der Waals surface area (Å²) in [5.41, 5.74) is 6.97. The van der Waals surface area contributed by atoms with Crippen LogP contribution in [0.5, 0.6) is 11.5 Å². The zero-order valence-electron chi connectivity index (χ0n) is 26.7. The topological polar surface area (TPSA) is 38.7 Å². The van der Waals surface area contributed by atoms with E-state index in [0.29, 0.717) is 5.92 Å². The lowest BCUT2D eigenvalue weighted by Gasteiger charge is -2.23. The van der Waals surface area contributed by atoms with Crippen LogP contribution in [0.15, 0.2) is 170 Å². The van der Waals surface area contributed by atoms with Crippen LogP contribution in [0, 0.1) is 5.92 Å². The van der Waals surface area contributed by atoms with E-state index in [1.165, 1.54) is 22.3 Å². The van der Waals surface area contributed by atoms with Crippen LogP contribution in [0.2, 0.25) is 0 Å². The van der Waals surface area contributed by atoms with Crippen LogP contribution >= 0.6 is 0 Å². The molecule has 0 aliphatic carbocycles. The van der Waals surface area contributed by atoms with Gasteiger partial charge in [0.05, 0.1) is 6.10 Å². The van der Waals surface area contributed by atoms with E-state index in [4.69, 9.17) is 9.47 Å². The smallest absolute Gasteiger partial charge is 0.149 e. The molecular weight excluding hydrogens is 564 g/mol. The summed E-state index contributed by atoms with van der Waals surface area (Å²) in [7, 11) is 0. The summed E-state index contributed by atoms with van der Waals surface area (Å²) in [6, 6.07) is 57.2. The number of hydrogen-bond acceptors (Lipinski definition) is 3. The zero-order chi connectivity index (χ0) is 32.1. The van der Waals surface area contributed by atoms with Crippen LogP contribution in [0.1, 0.15) is 44.1 Å². The maximum Gasteiger partial charge on any atom is 0.149 e. The highest BCUT2D eigenvalue weighted by molar-refractivity contribution is 5.64. The van der Waals surface area contributed by atoms with Crippen molar-refractivity contribution in [2.75, 3.05) is 0 Å². The molecule has 0 aliphatic heterocycles. The van der Waals surface area contributed by atoms with Gasteiger partial charge in [0.1, 0.15) is 23.7 Å². The van der Waals surface area contributed by atoms with Gasteiger partial charge in [-0.05, 0) is 70.5 Å². The van der Waals surface area contributed by atoms with Gasteiger partial charge in [-0.25, -0.2) is 0 Å². The first-order valence-electron chi connectivity index (χ1n) is 15.9. The maximum atomic E-state index is 10.1. The second kappa shape index (κ2) is 16.3. The Morgan fingerprint density at radius 3 is 1.02 bits per heavy atom. The lowest BCUT2D eigenvalue weighted by Crippen LogP contribution is -2.20. The minimum absolute atomic E-state index is 0.0576. The van der Waals surface area contributed by atoms with Gasteiger partial charge >= 0.3 is 0 Å². The number of aliphatic hydroxyl groups is 1. The largest absolute Gasteiger partial charge is 0.485 e. The average Bonchev–Trinajstić information content (AvgIpc) is 3.11. The van der Waals surface area contributed by atoms with Crippen LogP contribution in [0.25, 0.3) is 22.3 Å². The number of rotatable bonds is 10. The third-order valence-electron chi connectivity index (χ3n) is 7.75. The third kappa shape index (κ3) is 8.97. The molecule has 6 aromatic carbocycles. The Hall–Kier alpha value is -5.12. The molecule has 0 fully saturated rings. The summed E-state index contributed by atoms with van der Waals surface area (Å²) in [6.07, 6.45) is -0.928. The molecular formula is C43H42O3. The lowest BCUT2D eigenvalue weighted by molar-refractivity contribution is 0.0480. The molecule has 3 atom stereocenters. The van der Waals surface area contributed by atoms with Crippen molar-refractivity contribution >= 4 is 0 Å². The molecule has 3 heteroatoms. The van der Waals surface area contributed by atoms with Crippen LogP contribution in [-0.2, 0) is 0 Å². The number of aliphatic hydroxyl groups excluding tert-OH is 1. The zero-order valence-corrected chi connectivity index (χ0v) is 26.7.